The summed E-state index contributed by atoms with van der Waals surface area (Å²) in [6.07, 6.45) is -2.41. The van der Waals surface area contributed by atoms with Gasteiger partial charge in [0.1, 0.15) is 0 Å². The number of halogens is 3. The monoisotopic (exact) mass is 414 g/mol. The molecule has 0 aliphatic heterocycles. The van der Waals surface area contributed by atoms with Crippen LogP contribution in [0.1, 0.15) is 20.8 Å². The highest BCUT2D eigenvalue weighted by atomic mass is 19.3. The molecule has 0 spiro atoms. The first-order valence-electron chi connectivity index (χ1n) is 8.83. The fraction of sp³-hybridized carbons (Fsp3) is 0.471. The zero-order chi connectivity index (χ0) is 21.6. The number of non-ortho nitro benzene ring substituents is 1. The van der Waals surface area contributed by atoms with E-state index < -0.39 is 29.6 Å². The van der Waals surface area contributed by atoms with Crippen molar-refractivity contribution in [2.45, 2.75) is 32.9 Å². The molecule has 12 heteroatoms. The Balaban J connectivity index is 2.34. The Kier molecular flexibility index (Phi) is 7.13. The van der Waals surface area contributed by atoms with Gasteiger partial charge in [-0.1, -0.05) is 6.07 Å². The molecule has 1 aromatic heterocycles. The third-order valence-electron chi connectivity index (χ3n) is 3.94. The molecule has 1 N–H and O–H groups in total. The van der Waals surface area contributed by atoms with Crippen molar-refractivity contribution in [3.05, 3.63) is 34.4 Å². The molecule has 158 valence electrons. The van der Waals surface area contributed by atoms with Crippen LogP contribution in [0.4, 0.5) is 36.4 Å². The van der Waals surface area contributed by atoms with Crippen molar-refractivity contribution in [2.75, 3.05) is 29.9 Å². The summed E-state index contributed by atoms with van der Waals surface area (Å²) in [4.78, 5) is 24.2. The number of hydrogen-bond donors (Lipinski definition) is 1. The summed E-state index contributed by atoms with van der Waals surface area (Å²) in [7, 11) is 0. The predicted molar refractivity (Wildman–Crippen MR) is 101 cm³/mol. The Morgan fingerprint density at radius 2 is 1.97 bits per heavy atom. The van der Waals surface area contributed by atoms with Gasteiger partial charge in [0, 0.05) is 30.9 Å². The zero-order valence-electron chi connectivity index (χ0n) is 16.1. The molecular weight excluding hydrogens is 393 g/mol. The molecular formula is C17H21F3N6O3. The zero-order valence-corrected chi connectivity index (χ0v) is 16.1. The number of anilines is 3. The number of nitro benzene ring substituents is 1. The fourth-order valence-electron chi connectivity index (χ4n) is 2.22. The van der Waals surface area contributed by atoms with Crippen LogP contribution in [0.25, 0.3) is 0 Å². The summed E-state index contributed by atoms with van der Waals surface area (Å²) in [6.45, 7) is 4.22. The maximum absolute atomic E-state index is 13.5. The molecule has 0 saturated carbocycles. The first kappa shape index (κ1) is 22.1. The van der Waals surface area contributed by atoms with Crippen LogP contribution in [0.2, 0.25) is 0 Å². The van der Waals surface area contributed by atoms with E-state index in [1.165, 1.54) is 18.2 Å². The van der Waals surface area contributed by atoms with Crippen LogP contribution < -0.4 is 15.0 Å². The largest absolute Gasteiger partial charge is 0.457 e. The normalized spacial score (nSPS) is 12.3. The molecule has 0 bridgehead atoms. The van der Waals surface area contributed by atoms with Gasteiger partial charge in [0.05, 0.1) is 4.92 Å². The van der Waals surface area contributed by atoms with E-state index in [0.717, 1.165) is 6.92 Å². The molecule has 0 saturated heterocycles. The number of nitro groups is 1. The lowest BCUT2D eigenvalue weighted by Crippen LogP contribution is -2.35. The summed E-state index contributed by atoms with van der Waals surface area (Å²) in [5, 5.41) is 13.7. The first-order chi connectivity index (χ1) is 13.7. The molecule has 29 heavy (non-hydrogen) atoms. The lowest BCUT2D eigenvalue weighted by molar-refractivity contribution is -0.384. The minimum absolute atomic E-state index is 0.0611. The van der Waals surface area contributed by atoms with Crippen molar-refractivity contribution in [1.29, 1.82) is 0 Å². The number of nitrogens with zero attached hydrogens (tertiary/aromatic N) is 5. The van der Waals surface area contributed by atoms with E-state index in [1.807, 2.05) is 13.8 Å². The Hall–Kier alpha value is -3.18. The van der Waals surface area contributed by atoms with Crippen LogP contribution in [-0.2, 0) is 0 Å². The third kappa shape index (κ3) is 5.90. The van der Waals surface area contributed by atoms with Gasteiger partial charge < -0.3 is 15.0 Å². The Bertz CT molecular complexity index is 849. The van der Waals surface area contributed by atoms with Gasteiger partial charge in [0.2, 0.25) is 11.9 Å². The van der Waals surface area contributed by atoms with Crippen LogP contribution in [0.3, 0.4) is 0 Å². The number of nitrogens with one attached hydrogen (secondary N) is 1. The van der Waals surface area contributed by atoms with E-state index >= 15 is 0 Å². The van der Waals surface area contributed by atoms with Gasteiger partial charge in [-0.3, -0.25) is 10.1 Å². The Morgan fingerprint density at radius 3 is 2.55 bits per heavy atom. The summed E-state index contributed by atoms with van der Waals surface area (Å²) in [5.41, 5.74) is 0.158. The Labute approximate surface area is 165 Å². The molecule has 0 aliphatic carbocycles. The number of alkyl halides is 3. The molecule has 0 aliphatic rings. The summed E-state index contributed by atoms with van der Waals surface area (Å²) >= 11 is 0. The van der Waals surface area contributed by atoms with E-state index in [2.05, 4.69) is 20.3 Å². The number of benzene rings is 1. The molecule has 1 atom stereocenters. The standard InChI is InChI=1S/C17H21F3N6O3/c1-4-25(5-2)15-22-14(21-12-7-6-8-13(9-12)26(27)28)23-16(24-15)29-10-17(19,20)11(3)18/h6-9,11H,4-5,10H2,1-3H3,(H,21,22,23,24). The second-order valence-electron chi connectivity index (χ2n) is 6.01. The van der Waals surface area contributed by atoms with Crippen LogP contribution in [0.15, 0.2) is 24.3 Å². The van der Waals surface area contributed by atoms with Crippen LogP contribution in [-0.4, -0.2) is 51.7 Å². The number of aromatic nitrogens is 3. The molecule has 2 aromatic rings. The molecule has 0 amide bonds. The number of rotatable bonds is 10. The molecule has 1 unspecified atom stereocenters. The van der Waals surface area contributed by atoms with Crippen molar-refractivity contribution in [3.63, 3.8) is 0 Å². The minimum atomic E-state index is -3.71. The summed E-state index contributed by atoms with van der Waals surface area (Å²) in [6, 6.07) is 5.17. The molecule has 1 aromatic carbocycles. The Morgan fingerprint density at radius 1 is 1.28 bits per heavy atom. The molecule has 0 radical (unpaired) electrons. The van der Waals surface area contributed by atoms with Gasteiger partial charge in [-0.15, -0.1) is 0 Å². The number of hydrogen-bond acceptors (Lipinski definition) is 8. The smallest absolute Gasteiger partial charge is 0.323 e. The maximum Gasteiger partial charge on any atom is 0.323 e. The maximum atomic E-state index is 13.5. The van der Waals surface area contributed by atoms with Gasteiger partial charge in [0.15, 0.2) is 12.8 Å². The van der Waals surface area contributed by atoms with Crippen molar-refractivity contribution < 1.29 is 22.8 Å². The third-order valence-corrected chi connectivity index (χ3v) is 3.94. The van der Waals surface area contributed by atoms with E-state index in [0.29, 0.717) is 18.8 Å². The van der Waals surface area contributed by atoms with E-state index in [9.17, 15) is 23.3 Å². The SMILES string of the molecule is CCN(CC)c1nc(Nc2cccc([N+](=O)[O-])c2)nc(OCC(F)(F)C(C)F)n1. The highest BCUT2D eigenvalue weighted by molar-refractivity contribution is 5.58. The van der Waals surface area contributed by atoms with E-state index in [-0.39, 0.29) is 17.6 Å². The minimum Gasteiger partial charge on any atom is -0.457 e. The van der Waals surface area contributed by atoms with Crippen molar-refractivity contribution >= 4 is 23.3 Å². The van der Waals surface area contributed by atoms with Gasteiger partial charge in [0.25, 0.3) is 5.69 Å². The molecule has 9 nitrogen and oxygen atoms in total. The van der Waals surface area contributed by atoms with Crippen molar-refractivity contribution in [1.82, 2.24) is 15.0 Å². The average molecular weight is 414 g/mol. The highest BCUT2D eigenvalue weighted by Crippen LogP contribution is 2.25. The lowest BCUT2D eigenvalue weighted by Gasteiger charge is -2.21. The molecule has 1 heterocycles. The predicted octanol–water partition coefficient (Wildman–Crippen LogP) is 3.74. The van der Waals surface area contributed by atoms with Gasteiger partial charge in [-0.25, -0.2) is 4.39 Å². The average Bonchev–Trinajstić information content (AvgIpc) is 2.67. The van der Waals surface area contributed by atoms with Crippen LogP contribution in [0.5, 0.6) is 6.01 Å². The lowest BCUT2D eigenvalue weighted by atomic mass is 10.2. The van der Waals surface area contributed by atoms with Gasteiger partial charge >= 0.3 is 11.9 Å². The van der Waals surface area contributed by atoms with Crippen LogP contribution in [0, 0.1) is 10.1 Å². The number of ether oxygens (including phenoxy) is 1. The molecule has 2 rings (SSSR count). The van der Waals surface area contributed by atoms with E-state index in [1.54, 1.807) is 11.0 Å². The van der Waals surface area contributed by atoms with Crippen LogP contribution >= 0.6 is 0 Å². The first-order valence-corrected chi connectivity index (χ1v) is 8.83. The van der Waals surface area contributed by atoms with Crippen molar-refractivity contribution in [3.8, 4) is 6.01 Å². The van der Waals surface area contributed by atoms with Crippen molar-refractivity contribution in [2.24, 2.45) is 0 Å². The van der Waals surface area contributed by atoms with Gasteiger partial charge in [-0.05, 0) is 26.8 Å². The quantitative estimate of drug-likeness (QED) is 0.463. The van der Waals surface area contributed by atoms with Gasteiger partial charge in [-0.2, -0.15) is 23.7 Å². The topological polar surface area (TPSA) is 106 Å². The second-order valence-corrected chi connectivity index (χ2v) is 6.01. The summed E-state index contributed by atoms with van der Waals surface area (Å²) < 4.78 is 45.0. The summed E-state index contributed by atoms with van der Waals surface area (Å²) in [5.74, 6) is -3.62. The highest BCUT2D eigenvalue weighted by Gasteiger charge is 2.38. The van der Waals surface area contributed by atoms with E-state index in [4.69, 9.17) is 4.74 Å². The molecule has 0 fully saturated rings. The second kappa shape index (κ2) is 9.34. The fourth-order valence-corrected chi connectivity index (χ4v) is 2.22.